The first-order chi connectivity index (χ1) is 11.3. The highest BCUT2D eigenvalue weighted by atomic mass is 32.1. The third kappa shape index (κ3) is 4.18. The Morgan fingerprint density at radius 1 is 1.35 bits per heavy atom. The summed E-state index contributed by atoms with van der Waals surface area (Å²) in [5, 5.41) is 3.24. The third-order valence-corrected chi connectivity index (χ3v) is 5.24. The van der Waals surface area contributed by atoms with Crippen molar-refractivity contribution in [3.05, 3.63) is 52.0 Å². The molecule has 5 heteroatoms. The molecule has 1 fully saturated rings. The molecular formula is C18H22N2O2S. The largest absolute Gasteiger partial charge is 0.380 e. The molecule has 0 spiro atoms. The van der Waals surface area contributed by atoms with Crippen molar-refractivity contribution in [2.24, 2.45) is 0 Å². The van der Waals surface area contributed by atoms with Crippen LogP contribution < -0.4 is 0 Å². The normalized spacial score (nSPS) is 15.8. The molecule has 0 aliphatic carbocycles. The number of methoxy groups -OCH3 is 1. The molecule has 23 heavy (non-hydrogen) atoms. The Morgan fingerprint density at radius 3 is 2.83 bits per heavy atom. The zero-order chi connectivity index (χ0) is 16.1. The van der Waals surface area contributed by atoms with E-state index in [1.807, 2.05) is 34.7 Å². The van der Waals surface area contributed by atoms with Crippen molar-refractivity contribution in [3.63, 3.8) is 0 Å². The van der Waals surface area contributed by atoms with Crippen molar-refractivity contribution in [3.8, 4) is 0 Å². The van der Waals surface area contributed by atoms with E-state index >= 15 is 0 Å². The topological polar surface area (TPSA) is 42.4 Å². The molecule has 0 N–H and O–H groups in total. The fourth-order valence-corrected chi connectivity index (χ4v) is 3.91. The van der Waals surface area contributed by atoms with Crippen LogP contribution in [0.3, 0.4) is 0 Å². The van der Waals surface area contributed by atoms with Crippen LogP contribution in [0.5, 0.6) is 0 Å². The van der Waals surface area contributed by atoms with E-state index in [-0.39, 0.29) is 5.91 Å². The average Bonchev–Trinajstić information content (AvgIpc) is 3.10. The van der Waals surface area contributed by atoms with E-state index in [1.165, 1.54) is 5.01 Å². The quantitative estimate of drug-likeness (QED) is 0.845. The van der Waals surface area contributed by atoms with Crippen molar-refractivity contribution in [2.45, 2.75) is 31.8 Å². The Kier molecular flexibility index (Phi) is 5.41. The molecule has 1 aliphatic heterocycles. The van der Waals surface area contributed by atoms with E-state index in [2.05, 4.69) is 11.1 Å². The Balaban J connectivity index is 1.54. The van der Waals surface area contributed by atoms with Gasteiger partial charge in [0.1, 0.15) is 0 Å². The van der Waals surface area contributed by atoms with Crippen molar-refractivity contribution < 1.29 is 9.53 Å². The van der Waals surface area contributed by atoms with Crippen LogP contribution in [-0.2, 0) is 22.6 Å². The van der Waals surface area contributed by atoms with Gasteiger partial charge in [-0.15, -0.1) is 11.3 Å². The van der Waals surface area contributed by atoms with Crippen LogP contribution in [0.25, 0.3) is 0 Å². The third-order valence-electron chi connectivity index (χ3n) is 4.31. The van der Waals surface area contributed by atoms with Crippen LogP contribution in [-0.4, -0.2) is 36.0 Å². The summed E-state index contributed by atoms with van der Waals surface area (Å²) in [5.41, 5.74) is 2.17. The summed E-state index contributed by atoms with van der Waals surface area (Å²) in [7, 11) is 1.68. The fraction of sp³-hybridized carbons (Fsp3) is 0.444. The van der Waals surface area contributed by atoms with E-state index in [0.29, 0.717) is 18.9 Å². The van der Waals surface area contributed by atoms with E-state index in [9.17, 15) is 4.79 Å². The number of aromatic nitrogens is 1. The van der Waals surface area contributed by atoms with Gasteiger partial charge in [0.05, 0.1) is 18.0 Å². The van der Waals surface area contributed by atoms with Crippen molar-refractivity contribution in [1.82, 2.24) is 9.88 Å². The van der Waals surface area contributed by atoms with E-state index in [4.69, 9.17) is 4.74 Å². The summed E-state index contributed by atoms with van der Waals surface area (Å²) in [6, 6.07) is 8.09. The summed E-state index contributed by atoms with van der Waals surface area (Å²) >= 11 is 1.72. The number of thiazole rings is 1. The minimum Gasteiger partial charge on any atom is -0.380 e. The summed E-state index contributed by atoms with van der Waals surface area (Å²) in [6.45, 7) is 2.25. The van der Waals surface area contributed by atoms with Crippen molar-refractivity contribution in [2.75, 3.05) is 20.2 Å². The van der Waals surface area contributed by atoms with Gasteiger partial charge in [-0.05, 0) is 24.0 Å². The SMILES string of the molecule is COCc1cccc(CC(=O)N2CCC(c3nccs3)CC2)c1. The van der Waals surface area contributed by atoms with Crippen LogP contribution in [0, 0.1) is 0 Å². The lowest BCUT2D eigenvalue weighted by molar-refractivity contribution is -0.131. The van der Waals surface area contributed by atoms with Gasteiger partial charge in [0, 0.05) is 37.7 Å². The maximum atomic E-state index is 12.5. The number of rotatable bonds is 5. The number of benzene rings is 1. The zero-order valence-corrected chi connectivity index (χ0v) is 14.2. The summed E-state index contributed by atoms with van der Waals surface area (Å²) in [4.78, 5) is 18.9. The lowest BCUT2D eigenvalue weighted by Crippen LogP contribution is -2.38. The Labute approximate surface area is 141 Å². The molecule has 2 heterocycles. The average molecular weight is 330 g/mol. The lowest BCUT2D eigenvalue weighted by atomic mass is 9.97. The molecule has 1 aromatic carbocycles. The first kappa shape index (κ1) is 16.1. The molecule has 0 bridgehead atoms. The van der Waals surface area contributed by atoms with Crippen molar-refractivity contribution >= 4 is 17.2 Å². The zero-order valence-electron chi connectivity index (χ0n) is 13.4. The van der Waals surface area contributed by atoms with Crippen LogP contribution in [0.2, 0.25) is 0 Å². The van der Waals surface area contributed by atoms with Crippen LogP contribution >= 0.6 is 11.3 Å². The minimum absolute atomic E-state index is 0.220. The summed E-state index contributed by atoms with van der Waals surface area (Å²) < 4.78 is 5.15. The van der Waals surface area contributed by atoms with Crippen LogP contribution in [0.15, 0.2) is 35.8 Å². The van der Waals surface area contributed by atoms with Gasteiger partial charge in [0.2, 0.25) is 5.91 Å². The predicted molar refractivity (Wildman–Crippen MR) is 91.5 cm³/mol. The number of hydrogen-bond acceptors (Lipinski definition) is 4. The van der Waals surface area contributed by atoms with Crippen LogP contribution in [0.1, 0.15) is 34.9 Å². The standard InChI is InChI=1S/C18H22N2O2S/c1-22-13-15-4-2-3-14(11-15)12-17(21)20-8-5-16(6-9-20)18-19-7-10-23-18/h2-4,7,10-11,16H,5-6,8-9,12-13H2,1H3. The molecule has 122 valence electrons. The molecule has 0 radical (unpaired) electrons. The lowest BCUT2D eigenvalue weighted by Gasteiger charge is -2.31. The summed E-state index contributed by atoms with van der Waals surface area (Å²) in [5.74, 6) is 0.737. The monoisotopic (exact) mass is 330 g/mol. The second kappa shape index (κ2) is 7.70. The molecule has 1 saturated heterocycles. The Morgan fingerprint density at radius 2 is 2.13 bits per heavy atom. The van der Waals surface area contributed by atoms with Gasteiger partial charge in [-0.25, -0.2) is 4.98 Å². The number of carbonyl (C=O) groups excluding carboxylic acids is 1. The smallest absolute Gasteiger partial charge is 0.226 e. The molecule has 1 amide bonds. The van der Waals surface area contributed by atoms with Gasteiger partial charge in [-0.1, -0.05) is 24.3 Å². The van der Waals surface area contributed by atoms with Crippen LogP contribution in [0.4, 0.5) is 0 Å². The summed E-state index contributed by atoms with van der Waals surface area (Å²) in [6.07, 6.45) is 4.37. The molecular weight excluding hydrogens is 308 g/mol. The van der Waals surface area contributed by atoms with Gasteiger partial charge >= 0.3 is 0 Å². The second-order valence-electron chi connectivity index (χ2n) is 5.96. The van der Waals surface area contributed by atoms with Crippen molar-refractivity contribution in [1.29, 1.82) is 0 Å². The number of carbonyl (C=O) groups is 1. The second-order valence-corrected chi connectivity index (χ2v) is 6.88. The highest BCUT2D eigenvalue weighted by Crippen LogP contribution is 2.29. The van der Waals surface area contributed by atoms with Gasteiger partial charge in [0.15, 0.2) is 0 Å². The number of amides is 1. The predicted octanol–water partition coefficient (Wildman–Crippen LogP) is 3.24. The molecule has 3 rings (SSSR count). The van der Waals surface area contributed by atoms with E-state index in [1.54, 1.807) is 18.4 Å². The minimum atomic E-state index is 0.220. The molecule has 4 nitrogen and oxygen atoms in total. The molecule has 0 unspecified atom stereocenters. The van der Waals surface area contributed by atoms with E-state index < -0.39 is 0 Å². The molecule has 2 aromatic rings. The molecule has 1 aliphatic rings. The van der Waals surface area contributed by atoms with Gasteiger partial charge in [-0.2, -0.15) is 0 Å². The fourth-order valence-electron chi connectivity index (χ4n) is 3.09. The number of likely N-dealkylation sites (tertiary alicyclic amines) is 1. The maximum Gasteiger partial charge on any atom is 0.226 e. The number of piperidine rings is 1. The van der Waals surface area contributed by atoms with Gasteiger partial charge < -0.3 is 9.64 Å². The maximum absolute atomic E-state index is 12.5. The highest BCUT2D eigenvalue weighted by molar-refractivity contribution is 7.09. The Hall–Kier alpha value is -1.72. The van der Waals surface area contributed by atoms with E-state index in [0.717, 1.165) is 37.1 Å². The Bertz CT molecular complexity index is 634. The van der Waals surface area contributed by atoms with Gasteiger partial charge in [-0.3, -0.25) is 4.79 Å². The number of ether oxygens (including phenoxy) is 1. The first-order valence-corrected chi connectivity index (χ1v) is 8.88. The molecule has 0 saturated carbocycles. The molecule has 1 aromatic heterocycles. The number of nitrogens with zero attached hydrogens (tertiary/aromatic N) is 2. The molecule has 0 atom stereocenters. The highest BCUT2D eigenvalue weighted by Gasteiger charge is 2.25. The van der Waals surface area contributed by atoms with Gasteiger partial charge in [0.25, 0.3) is 0 Å². The first-order valence-electron chi connectivity index (χ1n) is 8.00. The number of hydrogen-bond donors (Lipinski definition) is 0.